The summed E-state index contributed by atoms with van der Waals surface area (Å²) in [6, 6.07) is 0. The smallest absolute Gasteiger partial charge is 0.261 e. The standard InChI is InChI=1S/C3HN4O4/c8-6(9)2-1-4-5-3(2)7(10)11/h1H. The van der Waals surface area contributed by atoms with E-state index in [1.165, 1.54) is 0 Å². The van der Waals surface area contributed by atoms with Crippen LogP contribution < -0.4 is 0 Å². The molecular formula is C3HN4O4. The van der Waals surface area contributed by atoms with Crippen molar-refractivity contribution in [1.82, 2.24) is 0 Å². The molecule has 0 amide bonds. The Morgan fingerprint density at radius 3 is 2.27 bits per heavy atom. The zero-order valence-electron chi connectivity index (χ0n) is 5.00. The maximum atomic E-state index is 10.0. The zero-order chi connectivity index (χ0) is 8.43. The summed E-state index contributed by atoms with van der Waals surface area (Å²) in [7, 11) is 0. The van der Waals surface area contributed by atoms with E-state index in [1.54, 1.807) is 0 Å². The molecule has 1 heterocycles. The molecule has 1 rings (SSSR count). The van der Waals surface area contributed by atoms with E-state index >= 15 is 0 Å². The van der Waals surface area contributed by atoms with Crippen LogP contribution in [-0.2, 0) is 0 Å². The van der Waals surface area contributed by atoms with Crippen molar-refractivity contribution in [3.63, 3.8) is 0 Å². The molecule has 57 valence electrons. The molecule has 0 saturated carbocycles. The number of azo groups is 1. The van der Waals surface area contributed by atoms with Gasteiger partial charge in [-0.15, -0.1) is 5.11 Å². The quantitative estimate of drug-likeness (QED) is 0.424. The summed E-state index contributed by atoms with van der Waals surface area (Å²) in [4.78, 5) is 18.1. The minimum atomic E-state index is -0.953. The summed E-state index contributed by atoms with van der Waals surface area (Å²) < 4.78 is 0. The molecular weight excluding hydrogens is 156 g/mol. The highest BCUT2D eigenvalue weighted by molar-refractivity contribution is 5.12. The Bertz CT molecular complexity index is 269. The van der Waals surface area contributed by atoms with E-state index in [1.807, 2.05) is 0 Å². The summed E-state index contributed by atoms with van der Waals surface area (Å²) in [5.74, 6) is 0. The molecule has 0 aromatic carbocycles. The van der Waals surface area contributed by atoms with Crippen LogP contribution in [0.5, 0.6) is 0 Å². The van der Waals surface area contributed by atoms with Gasteiger partial charge in [-0.1, -0.05) is 5.11 Å². The topological polar surface area (TPSA) is 111 Å². The molecule has 11 heavy (non-hydrogen) atoms. The van der Waals surface area contributed by atoms with Crippen molar-refractivity contribution in [3.05, 3.63) is 38.3 Å². The van der Waals surface area contributed by atoms with E-state index in [4.69, 9.17) is 0 Å². The lowest BCUT2D eigenvalue weighted by atomic mass is 10.4. The van der Waals surface area contributed by atoms with Gasteiger partial charge in [0, 0.05) is 0 Å². The molecule has 0 fully saturated rings. The van der Waals surface area contributed by atoms with Gasteiger partial charge in [-0.25, -0.2) is 0 Å². The van der Waals surface area contributed by atoms with Gasteiger partial charge < -0.3 is 0 Å². The molecule has 1 aliphatic heterocycles. The summed E-state index contributed by atoms with van der Waals surface area (Å²) in [5, 5.41) is 26.0. The molecule has 0 spiro atoms. The SMILES string of the molecule is O=[N+]([O-])[C]1N=NC=C1[N+](=O)[O-]. The highest BCUT2D eigenvalue weighted by Crippen LogP contribution is 2.22. The zero-order valence-corrected chi connectivity index (χ0v) is 5.00. The lowest BCUT2D eigenvalue weighted by Crippen LogP contribution is -2.13. The highest BCUT2D eigenvalue weighted by Gasteiger charge is 2.43. The maximum absolute atomic E-state index is 10.0. The number of nitro groups is 2. The first-order chi connectivity index (χ1) is 5.13. The first-order valence-corrected chi connectivity index (χ1v) is 2.40. The first-order valence-electron chi connectivity index (χ1n) is 2.40. The molecule has 0 atom stereocenters. The second-order valence-corrected chi connectivity index (χ2v) is 1.57. The summed E-state index contributed by atoms with van der Waals surface area (Å²) in [6.07, 6.45) is -0.0898. The van der Waals surface area contributed by atoms with Gasteiger partial charge in [0.25, 0.3) is 0 Å². The molecule has 8 heteroatoms. The lowest BCUT2D eigenvalue weighted by molar-refractivity contribution is -0.508. The molecule has 8 nitrogen and oxygen atoms in total. The van der Waals surface area contributed by atoms with Gasteiger partial charge in [-0.05, 0) is 0 Å². The van der Waals surface area contributed by atoms with Gasteiger partial charge in [0.2, 0.25) is 0 Å². The fraction of sp³-hybridized carbons (Fsp3) is 0. The number of rotatable bonds is 2. The predicted octanol–water partition coefficient (Wildman–Crippen LogP) is 0.336. The molecule has 0 N–H and O–H groups in total. The number of hydrogen-bond acceptors (Lipinski definition) is 6. The van der Waals surface area contributed by atoms with E-state index in [-0.39, 0.29) is 0 Å². The highest BCUT2D eigenvalue weighted by atomic mass is 16.6. The van der Waals surface area contributed by atoms with Crippen molar-refractivity contribution in [2.24, 2.45) is 10.2 Å². The molecule has 0 aromatic heterocycles. The van der Waals surface area contributed by atoms with Gasteiger partial charge in [0.15, 0.2) is 0 Å². The van der Waals surface area contributed by atoms with Crippen LogP contribution in [0, 0.1) is 26.4 Å². The summed E-state index contributed by atoms with van der Waals surface area (Å²) in [6.45, 7) is 0. The largest absolute Gasteiger partial charge is 0.523 e. The van der Waals surface area contributed by atoms with Crippen molar-refractivity contribution in [2.75, 3.05) is 0 Å². The third-order valence-corrected chi connectivity index (χ3v) is 0.931. The van der Waals surface area contributed by atoms with Crippen LogP contribution in [0.15, 0.2) is 22.1 Å². The molecule has 0 bridgehead atoms. The van der Waals surface area contributed by atoms with Crippen LogP contribution >= 0.6 is 0 Å². The van der Waals surface area contributed by atoms with Gasteiger partial charge in [0.05, 0.1) is 9.85 Å². The van der Waals surface area contributed by atoms with Crippen molar-refractivity contribution in [2.45, 2.75) is 0 Å². The Morgan fingerprint density at radius 1 is 1.27 bits per heavy atom. The van der Waals surface area contributed by atoms with Gasteiger partial charge in [-0.3, -0.25) is 20.2 Å². The Labute approximate surface area is 59.5 Å². The number of nitrogens with zero attached hydrogens (tertiary/aromatic N) is 4. The lowest BCUT2D eigenvalue weighted by Gasteiger charge is -1.90. The fourth-order valence-corrected chi connectivity index (χ4v) is 0.506. The van der Waals surface area contributed by atoms with E-state index in [0.29, 0.717) is 0 Å². The molecule has 0 aliphatic carbocycles. The van der Waals surface area contributed by atoms with Crippen molar-refractivity contribution >= 4 is 0 Å². The third kappa shape index (κ3) is 1.18. The fourth-order valence-electron chi connectivity index (χ4n) is 0.506. The monoisotopic (exact) mass is 157 g/mol. The number of hydrogen-bond donors (Lipinski definition) is 0. The minimum Gasteiger partial charge on any atom is -0.261 e. The maximum Gasteiger partial charge on any atom is 0.523 e. The van der Waals surface area contributed by atoms with Crippen LogP contribution in [-0.4, -0.2) is 9.85 Å². The van der Waals surface area contributed by atoms with E-state index in [0.717, 1.165) is 6.20 Å². The van der Waals surface area contributed by atoms with Gasteiger partial charge in [0.1, 0.15) is 6.20 Å². The molecule has 1 aliphatic rings. The average molecular weight is 157 g/mol. The molecule has 1 radical (unpaired) electrons. The Balaban J connectivity index is 2.85. The summed E-state index contributed by atoms with van der Waals surface area (Å²) >= 11 is 0. The predicted molar refractivity (Wildman–Crippen MR) is 30.2 cm³/mol. The Morgan fingerprint density at radius 2 is 1.91 bits per heavy atom. The molecule has 0 unspecified atom stereocenters. The second-order valence-electron chi connectivity index (χ2n) is 1.57. The second kappa shape index (κ2) is 2.40. The van der Waals surface area contributed by atoms with Crippen LogP contribution in [0.25, 0.3) is 0 Å². The van der Waals surface area contributed by atoms with Crippen LogP contribution in [0.4, 0.5) is 0 Å². The minimum absolute atomic E-state index is 0.685. The normalized spacial score (nSPS) is 16.5. The third-order valence-electron chi connectivity index (χ3n) is 0.931. The summed E-state index contributed by atoms with van der Waals surface area (Å²) in [5.41, 5.74) is -0.685. The van der Waals surface area contributed by atoms with Gasteiger partial charge >= 0.3 is 11.9 Å². The van der Waals surface area contributed by atoms with E-state index < -0.39 is 21.7 Å². The van der Waals surface area contributed by atoms with Crippen LogP contribution in [0.2, 0.25) is 0 Å². The van der Waals surface area contributed by atoms with Crippen LogP contribution in [0.1, 0.15) is 0 Å². The Kier molecular flexibility index (Phi) is 1.58. The molecule has 0 saturated heterocycles. The van der Waals surface area contributed by atoms with Crippen molar-refractivity contribution in [3.8, 4) is 0 Å². The van der Waals surface area contributed by atoms with E-state index in [9.17, 15) is 20.2 Å². The van der Waals surface area contributed by atoms with E-state index in [2.05, 4.69) is 10.2 Å². The first kappa shape index (κ1) is 7.25. The van der Waals surface area contributed by atoms with Crippen molar-refractivity contribution in [1.29, 1.82) is 0 Å². The molecule has 0 aromatic rings. The van der Waals surface area contributed by atoms with Crippen LogP contribution in [0.3, 0.4) is 0 Å². The average Bonchev–Trinajstić information content (AvgIpc) is 2.32. The van der Waals surface area contributed by atoms with Crippen molar-refractivity contribution < 1.29 is 9.85 Å². The van der Waals surface area contributed by atoms with Gasteiger partial charge in [-0.2, -0.15) is 0 Å². The Hall–Kier alpha value is -1.86.